The zero-order valence-corrected chi connectivity index (χ0v) is 19.6. The summed E-state index contributed by atoms with van der Waals surface area (Å²) in [6, 6.07) is 28.1. The molecule has 3 heteroatoms. The second-order valence-corrected chi connectivity index (χ2v) is 8.30. The summed E-state index contributed by atoms with van der Waals surface area (Å²) in [7, 11) is 0. The first kappa shape index (κ1) is 24.3. The lowest BCUT2D eigenvalue weighted by Gasteiger charge is -2.18. The SMILES string of the molecule is CCCCCCCOc1ccccc1/C=C/C(=O)NC(Cc1ccccc1)c1ccccc1. The highest BCUT2D eigenvalue weighted by molar-refractivity contribution is 5.92. The third-order valence-electron chi connectivity index (χ3n) is 5.64. The van der Waals surface area contributed by atoms with Crippen molar-refractivity contribution < 1.29 is 9.53 Å². The van der Waals surface area contributed by atoms with Gasteiger partial charge < -0.3 is 10.1 Å². The van der Waals surface area contributed by atoms with Gasteiger partial charge in [0.2, 0.25) is 5.91 Å². The summed E-state index contributed by atoms with van der Waals surface area (Å²) in [5.41, 5.74) is 3.20. The number of hydrogen-bond donors (Lipinski definition) is 1. The van der Waals surface area contributed by atoms with Crippen molar-refractivity contribution in [2.45, 2.75) is 51.5 Å². The molecule has 0 fully saturated rings. The van der Waals surface area contributed by atoms with Gasteiger partial charge in [-0.15, -0.1) is 0 Å². The van der Waals surface area contributed by atoms with Gasteiger partial charge in [0.25, 0.3) is 0 Å². The standard InChI is InChI=1S/C30H35NO2/c1-2-3-4-5-14-23-33-29-20-13-12-19-27(29)21-22-30(32)31-28(26-17-10-7-11-18-26)24-25-15-8-6-9-16-25/h6-13,15-22,28H,2-5,14,23-24H2,1H3,(H,31,32)/b22-21+. The van der Waals surface area contributed by atoms with E-state index in [0.29, 0.717) is 6.61 Å². The van der Waals surface area contributed by atoms with Crippen LogP contribution in [-0.4, -0.2) is 12.5 Å². The molecule has 0 radical (unpaired) electrons. The molecule has 172 valence electrons. The third kappa shape index (κ3) is 8.61. The molecular formula is C30H35NO2. The first-order chi connectivity index (χ1) is 16.3. The molecule has 0 aliphatic carbocycles. The van der Waals surface area contributed by atoms with Crippen LogP contribution in [0.15, 0.2) is 91.0 Å². The number of amides is 1. The maximum Gasteiger partial charge on any atom is 0.244 e. The Morgan fingerprint density at radius 2 is 1.52 bits per heavy atom. The van der Waals surface area contributed by atoms with Crippen LogP contribution < -0.4 is 10.1 Å². The predicted octanol–water partition coefficient (Wildman–Crippen LogP) is 7.15. The Morgan fingerprint density at radius 1 is 0.848 bits per heavy atom. The van der Waals surface area contributed by atoms with E-state index in [4.69, 9.17) is 4.74 Å². The van der Waals surface area contributed by atoms with Gasteiger partial charge in [-0.05, 0) is 36.1 Å². The van der Waals surface area contributed by atoms with E-state index < -0.39 is 0 Å². The molecule has 0 aliphatic heterocycles. The van der Waals surface area contributed by atoms with E-state index in [1.54, 1.807) is 6.08 Å². The second kappa shape index (κ2) is 13.9. The Bertz CT molecular complexity index is 982. The predicted molar refractivity (Wildman–Crippen MR) is 137 cm³/mol. The molecule has 1 N–H and O–H groups in total. The summed E-state index contributed by atoms with van der Waals surface area (Å²) in [4.78, 5) is 12.8. The van der Waals surface area contributed by atoms with Gasteiger partial charge in [0, 0.05) is 11.6 Å². The molecule has 0 aromatic heterocycles. The van der Waals surface area contributed by atoms with Crippen molar-refractivity contribution in [3.05, 3.63) is 108 Å². The number of rotatable bonds is 13. The molecule has 0 bridgehead atoms. The summed E-state index contributed by atoms with van der Waals surface area (Å²) < 4.78 is 6.00. The Labute approximate surface area is 198 Å². The van der Waals surface area contributed by atoms with E-state index in [-0.39, 0.29) is 11.9 Å². The number of para-hydroxylation sites is 1. The number of carbonyl (C=O) groups excluding carboxylic acids is 1. The van der Waals surface area contributed by atoms with Crippen molar-refractivity contribution in [2.24, 2.45) is 0 Å². The lowest BCUT2D eigenvalue weighted by molar-refractivity contribution is -0.117. The molecular weight excluding hydrogens is 406 g/mol. The molecule has 0 heterocycles. The number of ether oxygens (including phenoxy) is 1. The molecule has 1 atom stereocenters. The molecule has 0 saturated carbocycles. The lowest BCUT2D eigenvalue weighted by Crippen LogP contribution is -2.28. The highest BCUT2D eigenvalue weighted by Crippen LogP contribution is 2.21. The van der Waals surface area contributed by atoms with Crippen molar-refractivity contribution in [3.8, 4) is 5.75 Å². The maximum absolute atomic E-state index is 12.8. The van der Waals surface area contributed by atoms with Crippen molar-refractivity contribution >= 4 is 12.0 Å². The highest BCUT2D eigenvalue weighted by atomic mass is 16.5. The molecule has 3 nitrogen and oxygen atoms in total. The normalized spacial score (nSPS) is 11.9. The number of carbonyl (C=O) groups is 1. The van der Waals surface area contributed by atoms with Crippen LogP contribution in [0, 0.1) is 0 Å². The van der Waals surface area contributed by atoms with E-state index in [1.165, 1.54) is 31.2 Å². The fraction of sp³-hybridized carbons (Fsp3) is 0.300. The van der Waals surface area contributed by atoms with E-state index in [0.717, 1.165) is 29.7 Å². The van der Waals surface area contributed by atoms with Crippen molar-refractivity contribution in [1.29, 1.82) is 0 Å². The van der Waals surface area contributed by atoms with Crippen LogP contribution in [-0.2, 0) is 11.2 Å². The minimum atomic E-state index is -0.117. The smallest absolute Gasteiger partial charge is 0.244 e. The second-order valence-electron chi connectivity index (χ2n) is 8.30. The molecule has 3 aromatic rings. The largest absolute Gasteiger partial charge is 0.493 e. The van der Waals surface area contributed by atoms with Crippen LogP contribution >= 0.6 is 0 Å². The van der Waals surface area contributed by atoms with Gasteiger partial charge in [-0.2, -0.15) is 0 Å². The van der Waals surface area contributed by atoms with Crippen molar-refractivity contribution in [2.75, 3.05) is 6.61 Å². The Balaban J connectivity index is 1.61. The Hall–Kier alpha value is -3.33. The molecule has 0 aliphatic rings. The van der Waals surface area contributed by atoms with Gasteiger partial charge in [-0.3, -0.25) is 4.79 Å². The highest BCUT2D eigenvalue weighted by Gasteiger charge is 2.14. The quantitative estimate of drug-likeness (QED) is 0.226. The van der Waals surface area contributed by atoms with Crippen LogP contribution in [0.5, 0.6) is 5.75 Å². The maximum atomic E-state index is 12.8. The van der Waals surface area contributed by atoms with E-state index >= 15 is 0 Å². The lowest BCUT2D eigenvalue weighted by atomic mass is 9.99. The zero-order valence-electron chi connectivity index (χ0n) is 19.6. The number of hydrogen-bond acceptors (Lipinski definition) is 2. The van der Waals surface area contributed by atoms with Crippen LogP contribution in [0.1, 0.15) is 61.8 Å². The Morgan fingerprint density at radius 3 is 2.27 bits per heavy atom. The van der Waals surface area contributed by atoms with E-state index in [9.17, 15) is 4.79 Å². The average Bonchev–Trinajstić information content (AvgIpc) is 2.86. The minimum Gasteiger partial charge on any atom is -0.493 e. The summed E-state index contributed by atoms with van der Waals surface area (Å²) in [5.74, 6) is 0.704. The fourth-order valence-electron chi connectivity index (χ4n) is 3.81. The van der Waals surface area contributed by atoms with Gasteiger partial charge in [0.05, 0.1) is 12.6 Å². The Kier molecular flexibility index (Phi) is 10.3. The monoisotopic (exact) mass is 441 g/mol. The van der Waals surface area contributed by atoms with Crippen LogP contribution in [0.2, 0.25) is 0 Å². The molecule has 3 rings (SSSR count). The van der Waals surface area contributed by atoms with Gasteiger partial charge in [0.1, 0.15) is 5.75 Å². The van der Waals surface area contributed by atoms with E-state index in [2.05, 4.69) is 36.5 Å². The zero-order chi connectivity index (χ0) is 23.1. The molecule has 1 unspecified atom stereocenters. The summed E-state index contributed by atoms with van der Waals surface area (Å²) >= 11 is 0. The minimum absolute atomic E-state index is 0.0969. The average molecular weight is 442 g/mol. The molecule has 3 aromatic carbocycles. The van der Waals surface area contributed by atoms with Gasteiger partial charge in [-0.1, -0.05) is 111 Å². The number of unbranched alkanes of at least 4 members (excludes halogenated alkanes) is 4. The molecule has 1 amide bonds. The van der Waals surface area contributed by atoms with Crippen LogP contribution in [0.4, 0.5) is 0 Å². The number of nitrogens with one attached hydrogen (secondary N) is 1. The first-order valence-corrected chi connectivity index (χ1v) is 12.1. The summed E-state index contributed by atoms with van der Waals surface area (Å²) in [5, 5.41) is 3.18. The van der Waals surface area contributed by atoms with Gasteiger partial charge in [0.15, 0.2) is 0 Å². The third-order valence-corrected chi connectivity index (χ3v) is 5.64. The summed E-state index contributed by atoms with van der Waals surface area (Å²) in [6.45, 7) is 2.92. The van der Waals surface area contributed by atoms with Crippen LogP contribution in [0.25, 0.3) is 6.08 Å². The fourth-order valence-corrected chi connectivity index (χ4v) is 3.81. The molecule has 0 saturated heterocycles. The summed E-state index contributed by atoms with van der Waals surface area (Å²) in [6.07, 6.45) is 10.2. The topological polar surface area (TPSA) is 38.3 Å². The van der Waals surface area contributed by atoms with Crippen LogP contribution in [0.3, 0.4) is 0 Å². The van der Waals surface area contributed by atoms with Crippen molar-refractivity contribution in [1.82, 2.24) is 5.32 Å². The molecule has 0 spiro atoms. The van der Waals surface area contributed by atoms with Gasteiger partial charge >= 0.3 is 0 Å². The van der Waals surface area contributed by atoms with E-state index in [1.807, 2.05) is 66.7 Å². The number of benzene rings is 3. The van der Waals surface area contributed by atoms with Crippen molar-refractivity contribution in [3.63, 3.8) is 0 Å². The molecule has 33 heavy (non-hydrogen) atoms. The first-order valence-electron chi connectivity index (χ1n) is 12.1. The van der Waals surface area contributed by atoms with Gasteiger partial charge in [-0.25, -0.2) is 0 Å².